The maximum Gasteiger partial charge on any atom is 0.246 e. The molecule has 0 aromatic heterocycles. The fourth-order valence-corrected chi connectivity index (χ4v) is 1.25. The SMILES string of the molecule is C/C(C(N)=O)=C1\CCOC(C)CN1. The second-order valence-electron chi connectivity index (χ2n) is 3.28. The van der Waals surface area contributed by atoms with E-state index in [9.17, 15) is 4.79 Å². The fourth-order valence-electron chi connectivity index (χ4n) is 1.25. The molecule has 0 radical (unpaired) electrons. The molecule has 1 aliphatic heterocycles. The maximum atomic E-state index is 10.9. The molecule has 1 aliphatic rings. The molecule has 1 unspecified atom stereocenters. The van der Waals surface area contributed by atoms with Crippen LogP contribution in [0.15, 0.2) is 11.3 Å². The first-order valence-electron chi connectivity index (χ1n) is 4.46. The van der Waals surface area contributed by atoms with E-state index in [1.54, 1.807) is 6.92 Å². The summed E-state index contributed by atoms with van der Waals surface area (Å²) in [7, 11) is 0. The minimum atomic E-state index is -0.364. The van der Waals surface area contributed by atoms with Gasteiger partial charge in [0.15, 0.2) is 0 Å². The molecule has 1 atom stereocenters. The lowest BCUT2D eigenvalue weighted by molar-refractivity contribution is -0.114. The van der Waals surface area contributed by atoms with E-state index in [1.165, 1.54) is 0 Å². The average Bonchev–Trinajstić information content (AvgIpc) is 2.28. The topological polar surface area (TPSA) is 64.4 Å². The molecule has 1 saturated heterocycles. The van der Waals surface area contributed by atoms with Gasteiger partial charge >= 0.3 is 0 Å². The first kappa shape index (κ1) is 10.1. The van der Waals surface area contributed by atoms with Crippen molar-refractivity contribution in [3.63, 3.8) is 0 Å². The number of hydrogen-bond acceptors (Lipinski definition) is 3. The van der Waals surface area contributed by atoms with E-state index in [1.807, 2.05) is 6.92 Å². The van der Waals surface area contributed by atoms with Crippen LogP contribution in [0.25, 0.3) is 0 Å². The Labute approximate surface area is 78.1 Å². The van der Waals surface area contributed by atoms with Gasteiger partial charge in [-0.2, -0.15) is 0 Å². The number of carbonyl (C=O) groups excluding carboxylic acids is 1. The summed E-state index contributed by atoms with van der Waals surface area (Å²) >= 11 is 0. The first-order chi connectivity index (χ1) is 6.11. The number of carbonyl (C=O) groups is 1. The van der Waals surface area contributed by atoms with Gasteiger partial charge in [-0.05, 0) is 13.8 Å². The molecule has 0 bridgehead atoms. The predicted molar refractivity (Wildman–Crippen MR) is 49.9 cm³/mol. The second-order valence-corrected chi connectivity index (χ2v) is 3.28. The fraction of sp³-hybridized carbons (Fsp3) is 0.667. The molecular formula is C9H16N2O2. The van der Waals surface area contributed by atoms with Crippen LogP contribution < -0.4 is 11.1 Å². The lowest BCUT2D eigenvalue weighted by atomic mass is 10.2. The third-order valence-electron chi connectivity index (χ3n) is 2.18. The molecule has 1 fully saturated rings. The molecule has 1 rings (SSSR count). The molecule has 0 saturated carbocycles. The van der Waals surface area contributed by atoms with Crippen molar-refractivity contribution >= 4 is 5.91 Å². The minimum Gasteiger partial charge on any atom is -0.385 e. The van der Waals surface area contributed by atoms with E-state index in [0.717, 1.165) is 18.7 Å². The molecule has 1 heterocycles. The van der Waals surface area contributed by atoms with Gasteiger partial charge in [0.1, 0.15) is 0 Å². The molecule has 0 aromatic carbocycles. The van der Waals surface area contributed by atoms with E-state index >= 15 is 0 Å². The monoisotopic (exact) mass is 184 g/mol. The van der Waals surface area contributed by atoms with Crippen LogP contribution in [0.2, 0.25) is 0 Å². The lowest BCUT2D eigenvalue weighted by Gasteiger charge is -2.09. The zero-order chi connectivity index (χ0) is 9.84. The third kappa shape index (κ3) is 2.73. The number of primary amides is 1. The van der Waals surface area contributed by atoms with Crippen LogP contribution in [0.4, 0.5) is 0 Å². The Morgan fingerprint density at radius 2 is 2.38 bits per heavy atom. The Bertz CT molecular complexity index is 236. The number of nitrogens with two attached hydrogens (primary N) is 1. The van der Waals surface area contributed by atoms with Gasteiger partial charge in [0.2, 0.25) is 5.91 Å². The highest BCUT2D eigenvalue weighted by atomic mass is 16.5. The normalized spacial score (nSPS) is 27.4. The van der Waals surface area contributed by atoms with E-state index in [2.05, 4.69) is 5.32 Å². The summed E-state index contributed by atoms with van der Waals surface area (Å²) in [5, 5.41) is 3.17. The Morgan fingerprint density at radius 3 is 3.00 bits per heavy atom. The quantitative estimate of drug-likeness (QED) is 0.570. The highest BCUT2D eigenvalue weighted by Crippen LogP contribution is 2.09. The van der Waals surface area contributed by atoms with Crippen molar-refractivity contribution in [1.82, 2.24) is 5.32 Å². The Kier molecular flexibility index (Phi) is 3.31. The number of ether oxygens (including phenoxy) is 1. The van der Waals surface area contributed by atoms with E-state index in [-0.39, 0.29) is 12.0 Å². The summed E-state index contributed by atoms with van der Waals surface area (Å²) in [4.78, 5) is 10.9. The summed E-state index contributed by atoms with van der Waals surface area (Å²) in [5.41, 5.74) is 6.70. The van der Waals surface area contributed by atoms with Crippen molar-refractivity contribution in [2.75, 3.05) is 13.2 Å². The van der Waals surface area contributed by atoms with Gasteiger partial charge in [-0.3, -0.25) is 4.79 Å². The second kappa shape index (κ2) is 4.28. The standard InChI is InChI=1S/C9H16N2O2/c1-6-5-11-8(3-4-13-6)7(2)9(10)12/h6,11H,3-5H2,1-2H3,(H2,10,12)/b8-7-. The maximum absolute atomic E-state index is 10.9. The zero-order valence-electron chi connectivity index (χ0n) is 8.09. The largest absolute Gasteiger partial charge is 0.385 e. The van der Waals surface area contributed by atoms with E-state index < -0.39 is 0 Å². The third-order valence-corrected chi connectivity index (χ3v) is 2.18. The minimum absolute atomic E-state index is 0.193. The summed E-state index contributed by atoms with van der Waals surface area (Å²) in [5.74, 6) is -0.364. The predicted octanol–water partition coefficient (Wildman–Crippen LogP) is 0.144. The Balaban J connectivity index is 2.70. The van der Waals surface area contributed by atoms with Crippen LogP contribution in [0.5, 0.6) is 0 Å². The average molecular weight is 184 g/mol. The number of amides is 1. The molecule has 0 aromatic rings. The Morgan fingerprint density at radius 1 is 1.69 bits per heavy atom. The molecule has 13 heavy (non-hydrogen) atoms. The first-order valence-corrected chi connectivity index (χ1v) is 4.46. The zero-order valence-corrected chi connectivity index (χ0v) is 8.09. The number of rotatable bonds is 1. The smallest absolute Gasteiger partial charge is 0.246 e. The summed E-state index contributed by atoms with van der Waals surface area (Å²) in [6.45, 7) is 5.12. The van der Waals surface area contributed by atoms with Crippen LogP contribution in [0, 0.1) is 0 Å². The number of nitrogens with one attached hydrogen (secondary N) is 1. The van der Waals surface area contributed by atoms with Crippen molar-refractivity contribution in [2.24, 2.45) is 5.73 Å². The van der Waals surface area contributed by atoms with E-state index in [4.69, 9.17) is 10.5 Å². The molecule has 1 amide bonds. The van der Waals surface area contributed by atoms with Crippen molar-refractivity contribution in [1.29, 1.82) is 0 Å². The molecule has 4 heteroatoms. The van der Waals surface area contributed by atoms with Gasteiger partial charge in [0.25, 0.3) is 0 Å². The van der Waals surface area contributed by atoms with Gasteiger partial charge in [-0.15, -0.1) is 0 Å². The summed E-state index contributed by atoms with van der Waals surface area (Å²) < 4.78 is 5.41. The van der Waals surface area contributed by atoms with Crippen molar-refractivity contribution < 1.29 is 9.53 Å². The lowest BCUT2D eigenvalue weighted by Crippen LogP contribution is -2.25. The molecular weight excluding hydrogens is 168 g/mol. The van der Waals surface area contributed by atoms with Crippen LogP contribution in [-0.2, 0) is 9.53 Å². The van der Waals surface area contributed by atoms with Crippen LogP contribution in [0.3, 0.4) is 0 Å². The highest BCUT2D eigenvalue weighted by molar-refractivity contribution is 5.91. The summed E-state index contributed by atoms with van der Waals surface area (Å²) in [6.07, 6.45) is 0.928. The van der Waals surface area contributed by atoms with Crippen LogP contribution in [-0.4, -0.2) is 25.2 Å². The van der Waals surface area contributed by atoms with Gasteiger partial charge < -0.3 is 15.8 Å². The van der Waals surface area contributed by atoms with E-state index in [0.29, 0.717) is 12.2 Å². The van der Waals surface area contributed by atoms with Crippen molar-refractivity contribution in [3.05, 3.63) is 11.3 Å². The molecule has 3 N–H and O–H groups in total. The van der Waals surface area contributed by atoms with Crippen molar-refractivity contribution in [2.45, 2.75) is 26.4 Å². The number of hydrogen-bond donors (Lipinski definition) is 2. The molecule has 4 nitrogen and oxygen atoms in total. The van der Waals surface area contributed by atoms with Gasteiger partial charge in [-0.1, -0.05) is 0 Å². The van der Waals surface area contributed by atoms with Gasteiger partial charge in [-0.25, -0.2) is 0 Å². The van der Waals surface area contributed by atoms with Crippen molar-refractivity contribution in [3.8, 4) is 0 Å². The molecule has 0 aliphatic carbocycles. The molecule has 0 spiro atoms. The van der Waals surface area contributed by atoms with Crippen LogP contribution >= 0.6 is 0 Å². The van der Waals surface area contributed by atoms with Crippen LogP contribution in [0.1, 0.15) is 20.3 Å². The highest BCUT2D eigenvalue weighted by Gasteiger charge is 2.13. The van der Waals surface area contributed by atoms with Gasteiger partial charge in [0, 0.05) is 24.2 Å². The molecule has 74 valence electrons. The van der Waals surface area contributed by atoms with Gasteiger partial charge in [0.05, 0.1) is 12.7 Å². The Hall–Kier alpha value is -1.03. The summed E-state index contributed by atoms with van der Waals surface area (Å²) in [6, 6.07) is 0.